The van der Waals surface area contributed by atoms with Gasteiger partial charge in [-0.2, -0.15) is 0 Å². The predicted molar refractivity (Wildman–Crippen MR) is 129 cm³/mol. The Bertz CT molecular complexity index is 1090. The molecule has 0 unspecified atom stereocenters. The number of halogens is 1. The number of ether oxygens (including phenoxy) is 1. The van der Waals surface area contributed by atoms with Crippen LogP contribution in [0.2, 0.25) is 5.02 Å². The number of hydrogen-bond acceptors (Lipinski definition) is 5. The maximum absolute atomic E-state index is 13.2. The van der Waals surface area contributed by atoms with E-state index in [0.717, 1.165) is 23.4 Å². The van der Waals surface area contributed by atoms with Crippen LogP contribution in [-0.2, 0) is 19.6 Å². The molecule has 0 saturated carbocycles. The van der Waals surface area contributed by atoms with Gasteiger partial charge in [0.2, 0.25) is 15.9 Å². The Morgan fingerprint density at radius 1 is 1.18 bits per heavy atom. The lowest BCUT2D eigenvalue weighted by Crippen LogP contribution is -2.47. The van der Waals surface area contributed by atoms with Crippen molar-refractivity contribution >= 4 is 44.8 Å². The molecule has 2 aromatic rings. The molecule has 1 aliphatic heterocycles. The van der Waals surface area contributed by atoms with E-state index in [1.54, 1.807) is 55.5 Å². The van der Waals surface area contributed by atoms with Crippen molar-refractivity contribution in [3.63, 3.8) is 0 Å². The molecule has 10 heteroatoms. The van der Waals surface area contributed by atoms with E-state index in [1.807, 2.05) is 0 Å². The summed E-state index contributed by atoms with van der Waals surface area (Å²) < 4.78 is 31.8. The molecule has 1 fully saturated rings. The SMILES string of the molecule is CC[C@@H](C(=O)Nc1ccccc1C(=O)NC[C@@H]1CCCO1)N(c1ccc(Cl)cc1)S(C)(=O)=O. The summed E-state index contributed by atoms with van der Waals surface area (Å²) in [5.41, 5.74) is 0.915. The third-order valence-electron chi connectivity index (χ3n) is 5.35. The lowest BCUT2D eigenvalue weighted by Gasteiger charge is -2.30. The molecule has 0 bridgehead atoms. The fourth-order valence-corrected chi connectivity index (χ4v) is 5.10. The number of hydrogen-bond donors (Lipinski definition) is 2. The van der Waals surface area contributed by atoms with Gasteiger partial charge in [0, 0.05) is 18.2 Å². The molecular formula is C23H28ClN3O5S. The van der Waals surface area contributed by atoms with E-state index in [4.69, 9.17) is 16.3 Å². The van der Waals surface area contributed by atoms with Gasteiger partial charge in [-0.15, -0.1) is 0 Å². The zero-order valence-corrected chi connectivity index (χ0v) is 20.2. The second kappa shape index (κ2) is 11.0. The van der Waals surface area contributed by atoms with Crippen molar-refractivity contribution in [2.75, 3.05) is 29.0 Å². The Labute approximate surface area is 199 Å². The maximum atomic E-state index is 13.2. The Morgan fingerprint density at radius 2 is 1.88 bits per heavy atom. The van der Waals surface area contributed by atoms with Gasteiger partial charge in [-0.25, -0.2) is 8.42 Å². The number of carbonyl (C=O) groups excluding carboxylic acids is 2. The van der Waals surface area contributed by atoms with Gasteiger partial charge in [0.1, 0.15) is 6.04 Å². The van der Waals surface area contributed by atoms with Gasteiger partial charge in [-0.3, -0.25) is 13.9 Å². The fraction of sp³-hybridized carbons (Fsp3) is 0.391. The highest BCUT2D eigenvalue weighted by atomic mass is 35.5. The van der Waals surface area contributed by atoms with Gasteiger partial charge in [-0.05, 0) is 55.7 Å². The van der Waals surface area contributed by atoms with Gasteiger partial charge in [0.05, 0.1) is 29.3 Å². The molecule has 8 nitrogen and oxygen atoms in total. The fourth-order valence-electron chi connectivity index (χ4n) is 3.76. The van der Waals surface area contributed by atoms with Crippen LogP contribution in [0, 0.1) is 0 Å². The highest BCUT2D eigenvalue weighted by Crippen LogP contribution is 2.25. The number of para-hydroxylation sites is 1. The monoisotopic (exact) mass is 493 g/mol. The van der Waals surface area contributed by atoms with Crippen molar-refractivity contribution in [2.24, 2.45) is 0 Å². The van der Waals surface area contributed by atoms with Crippen LogP contribution in [0.5, 0.6) is 0 Å². The largest absolute Gasteiger partial charge is 0.376 e. The van der Waals surface area contributed by atoms with Crippen LogP contribution < -0.4 is 14.9 Å². The first-order chi connectivity index (χ1) is 15.7. The molecule has 0 aliphatic carbocycles. The van der Waals surface area contributed by atoms with E-state index in [9.17, 15) is 18.0 Å². The van der Waals surface area contributed by atoms with Crippen LogP contribution in [0.4, 0.5) is 11.4 Å². The summed E-state index contributed by atoms with van der Waals surface area (Å²) in [5, 5.41) is 6.03. The summed E-state index contributed by atoms with van der Waals surface area (Å²) in [5.74, 6) is -0.885. The third-order valence-corrected chi connectivity index (χ3v) is 6.79. The van der Waals surface area contributed by atoms with Gasteiger partial charge < -0.3 is 15.4 Å². The summed E-state index contributed by atoms with van der Waals surface area (Å²) in [4.78, 5) is 26.0. The second-order valence-electron chi connectivity index (χ2n) is 7.84. The maximum Gasteiger partial charge on any atom is 0.253 e. The minimum Gasteiger partial charge on any atom is -0.376 e. The molecule has 0 radical (unpaired) electrons. The van der Waals surface area contributed by atoms with Crippen LogP contribution in [0.1, 0.15) is 36.5 Å². The average Bonchev–Trinajstić information content (AvgIpc) is 3.30. The molecule has 2 N–H and O–H groups in total. The number of benzene rings is 2. The molecular weight excluding hydrogens is 466 g/mol. The number of anilines is 2. The third kappa shape index (κ3) is 6.46. The highest BCUT2D eigenvalue weighted by Gasteiger charge is 2.32. The van der Waals surface area contributed by atoms with Crippen LogP contribution in [-0.4, -0.2) is 51.8 Å². The number of amides is 2. The van der Waals surface area contributed by atoms with Crippen LogP contribution >= 0.6 is 11.6 Å². The average molecular weight is 494 g/mol. The molecule has 1 aliphatic rings. The van der Waals surface area contributed by atoms with Crippen LogP contribution in [0.15, 0.2) is 48.5 Å². The van der Waals surface area contributed by atoms with E-state index in [-0.39, 0.29) is 24.0 Å². The topological polar surface area (TPSA) is 105 Å². The first kappa shape index (κ1) is 25.0. The quantitative estimate of drug-likeness (QED) is 0.556. The summed E-state index contributed by atoms with van der Waals surface area (Å²) >= 11 is 5.94. The molecule has 3 rings (SSSR count). The second-order valence-corrected chi connectivity index (χ2v) is 10.1. The lowest BCUT2D eigenvalue weighted by molar-refractivity contribution is -0.117. The molecule has 0 aromatic heterocycles. The normalized spacial score (nSPS) is 16.8. The number of carbonyl (C=O) groups is 2. The van der Waals surface area contributed by atoms with Crippen molar-refractivity contribution in [1.82, 2.24) is 5.32 Å². The van der Waals surface area contributed by atoms with Gasteiger partial charge in [-0.1, -0.05) is 30.7 Å². The van der Waals surface area contributed by atoms with Crippen molar-refractivity contribution < 1.29 is 22.7 Å². The summed E-state index contributed by atoms with van der Waals surface area (Å²) in [6.07, 6.45) is 3.11. The molecule has 33 heavy (non-hydrogen) atoms. The number of rotatable bonds is 9. The molecule has 2 atom stereocenters. The Hall–Kier alpha value is -2.62. The molecule has 2 amide bonds. The van der Waals surface area contributed by atoms with Gasteiger partial charge >= 0.3 is 0 Å². The van der Waals surface area contributed by atoms with E-state index in [1.165, 1.54) is 0 Å². The molecule has 1 heterocycles. The van der Waals surface area contributed by atoms with Crippen molar-refractivity contribution in [1.29, 1.82) is 0 Å². The van der Waals surface area contributed by atoms with Crippen LogP contribution in [0.25, 0.3) is 0 Å². The Balaban J connectivity index is 1.81. The zero-order valence-electron chi connectivity index (χ0n) is 18.6. The minimum atomic E-state index is -3.79. The van der Waals surface area contributed by atoms with Crippen molar-refractivity contribution in [3.05, 3.63) is 59.1 Å². The standard InChI is InChI=1S/C23H28ClN3O5S/c1-3-21(27(33(2,30)31)17-12-10-16(24)11-13-17)23(29)26-20-9-5-4-8-19(20)22(28)25-15-18-7-6-14-32-18/h4-5,8-13,18,21H,3,6-7,14-15H2,1-2H3,(H,25,28)(H,26,29)/t18-,21-/m0/s1. The van der Waals surface area contributed by atoms with Crippen molar-refractivity contribution in [2.45, 2.75) is 38.3 Å². The summed E-state index contributed by atoms with van der Waals surface area (Å²) in [7, 11) is -3.79. The van der Waals surface area contributed by atoms with Crippen molar-refractivity contribution in [3.8, 4) is 0 Å². The summed E-state index contributed by atoms with van der Waals surface area (Å²) in [6, 6.07) is 11.8. The Kier molecular flexibility index (Phi) is 8.34. The van der Waals surface area contributed by atoms with E-state index >= 15 is 0 Å². The molecule has 178 valence electrons. The predicted octanol–water partition coefficient (Wildman–Crippen LogP) is 3.43. The molecule has 0 spiro atoms. The first-order valence-electron chi connectivity index (χ1n) is 10.8. The van der Waals surface area contributed by atoms with Gasteiger partial charge in [0.15, 0.2) is 0 Å². The minimum absolute atomic E-state index is 0.0112. The molecule has 1 saturated heterocycles. The number of nitrogens with zero attached hydrogens (tertiary/aromatic N) is 1. The summed E-state index contributed by atoms with van der Waals surface area (Å²) in [6.45, 7) is 2.80. The van der Waals surface area contributed by atoms with E-state index in [2.05, 4.69) is 10.6 Å². The highest BCUT2D eigenvalue weighted by molar-refractivity contribution is 7.92. The smallest absolute Gasteiger partial charge is 0.253 e. The zero-order chi connectivity index (χ0) is 24.0. The van der Waals surface area contributed by atoms with E-state index in [0.29, 0.717) is 29.5 Å². The number of sulfonamides is 1. The molecule has 2 aromatic carbocycles. The first-order valence-corrected chi connectivity index (χ1v) is 13.0. The van der Waals surface area contributed by atoms with E-state index < -0.39 is 22.0 Å². The Morgan fingerprint density at radius 3 is 2.48 bits per heavy atom. The number of nitrogens with one attached hydrogen (secondary N) is 2. The van der Waals surface area contributed by atoms with Crippen LogP contribution in [0.3, 0.4) is 0 Å². The lowest BCUT2D eigenvalue weighted by atomic mass is 10.1. The van der Waals surface area contributed by atoms with Gasteiger partial charge in [0.25, 0.3) is 5.91 Å².